The summed E-state index contributed by atoms with van der Waals surface area (Å²) in [5, 5.41) is 16.3. The lowest BCUT2D eigenvalue weighted by Gasteiger charge is -2.28. The summed E-state index contributed by atoms with van der Waals surface area (Å²) < 4.78 is 0. The van der Waals surface area contributed by atoms with Gasteiger partial charge in [0.05, 0.1) is 12.1 Å². The minimum absolute atomic E-state index is 0.0638. The molecule has 1 saturated carbocycles. The minimum atomic E-state index is -0.374. The van der Waals surface area contributed by atoms with E-state index < -0.39 is 0 Å². The van der Waals surface area contributed by atoms with E-state index in [0.717, 1.165) is 25.7 Å². The molecular formula is C11H15NO2S. The van der Waals surface area contributed by atoms with Crippen LogP contribution in [0.3, 0.4) is 0 Å². The zero-order chi connectivity index (χ0) is 10.7. The number of aliphatic hydroxyl groups is 1. The van der Waals surface area contributed by atoms with Crippen LogP contribution in [0.1, 0.15) is 36.0 Å². The Balaban J connectivity index is 1.93. The van der Waals surface area contributed by atoms with Gasteiger partial charge in [-0.1, -0.05) is 12.8 Å². The Labute approximate surface area is 93.1 Å². The second-order valence-electron chi connectivity index (χ2n) is 3.94. The van der Waals surface area contributed by atoms with Crippen LogP contribution in [0.2, 0.25) is 0 Å². The van der Waals surface area contributed by atoms with Crippen molar-refractivity contribution >= 4 is 17.2 Å². The molecule has 2 atom stereocenters. The maximum absolute atomic E-state index is 11.7. The quantitative estimate of drug-likeness (QED) is 0.806. The van der Waals surface area contributed by atoms with Crippen LogP contribution in [-0.2, 0) is 0 Å². The summed E-state index contributed by atoms with van der Waals surface area (Å²) in [6.07, 6.45) is 3.46. The molecule has 0 saturated heterocycles. The van der Waals surface area contributed by atoms with Gasteiger partial charge in [0.2, 0.25) is 0 Å². The smallest absolute Gasteiger partial charge is 0.252 e. The molecule has 1 fully saturated rings. The highest BCUT2D eigenvalue weighted by molar-refractivity contribution is 7.08. The lowest BCUT2D eigenvalue weighted by Crippen LogP contribution is -2.44. The molecule has 2 N–H and O–H groups in total. The summed E-state index contributed by atoms with van der Waals surface area (Å²) in [5.74, 6) is -0.0674. The predicted molar refractivity (Wildman–Crippen MR) is 60.0 cm³/mol. The van der Waals surface area contributed by atoms with Crippen LogP contribution in [0.15, 0.2) is 16.8 Å². The maximum atomic E-state index is 11.7. The van der Waals surface area contributed by atoms with E-state index in [-0.39, 0.29) is 18.1 Å². The van der Waals surface area contributed by atoms with E-state index in [0.29, 0.717) is 5.56 Å². The molecule has 0 aromatic carbocycles. The Bertz CT molecular complexity index is 323. The summed E-state index contributed by atoms with van der Waals surface area (Å²) >= 11 is 1.51. The molecule has 15 heavy (non-hydrogen) atoms. The number of hydrogen-bond donors (Lipinski definition) is 2. The third-order valence-corrected chi connectivity index (χ3v) is 3.51. The van der Waals surface area contributed by atoms with Gasteiger partial charge in [0, 0.05) is 10.9 Å². The number of amides is 1. The summed E-state index contributed by atoms with van der Waals surface area (Å²) in [4.78, 5) is 11.7. The molecule has 82 valence electrons. The highest BCUT2D eigenvalue weighted by atomic mass is 32.1. The monoisotopic (exact) mass is 225 g/mol. The van der Waals surface area contributed by atoms with Crippen LogP contribution in [0, 0.1) is 0 Å². The molecule has 0 aliphatic heterocycles. The van der Waals surface area contributed by atoms with Crippen molar-refractivity contribution in [2.75, 3.05) is 0 Å². The van der Waals surface area contributed by atoms with Crippen LogP contribution in [-0.4, -0.2) is 23.2 Å². The first-order valence-electron chi connectivity index (χ1n) is 5.28. The van der Waals surface area contributed by atoms with E-state index in [2.05, 4.69) is 5.32 Å². The highest BCUT2D eigenvalue weighted by Crippen LogP contribution is 2.19. The zero-order valence-corrected chi connectivity index (χ0v) is 9.30. The second-order valence-corrected chi connectivity index (χ2v) is 4.72. The van der Waals surface area contributed by atoms with E-state index in [1.807, 2.05) is 10.8 Å². The van der Waals surface area contributed by atoms with Crippen molar-refractivity contribution in [2.45, 2.75) is 37.8 Å². The number of carbonyl (C=O) groups is 1. The maximum Gasteiger partial charge on any atom is 0.252 e. The van der Waals surface area contributed by atoms with E-state index in [9.17, 15) is 9.90 Å². The summed E-state index contributed by atoms with van der Waals surface area (Å²) in [6.45, 7) is 0. The SMILES string of the molecule is O=C(N[C@H]1CCCC[C@@H]1O)c1ccsc1. The standard InChI is InChI=1S/C11H15NO2S/c13-10-4-2-1-3-9(10)12-11(14)8-5-6-15-7-8/h5-7,9-10,13H,1-4H2,(H,12,14)/t9-,10-/m0/s1. The normalized spacial score (nSPS) is 26.2. The first-order valence-corrected chi connectivity index (χ1v) is 6.23. The topological polar surface area (TPSA) is 49.3 Å². The molecule has 0 unspecified atom stereocenters. The number of hydrogen-bond acceptors (Lipinski definition) is 3. The van der Waals surface area contributed by atoms with Crippen molar-refractivity contribution in [3.8, 4) is 0 Å². The fraction of sp³-hybridized carbons (Fsp3) is 0.545. The third-order valence-electron chi connectivity index (χ3n) is 2.83. The Morgan fingerprint density at radius 3 is 2.93 bits per heavy atom. The molecule has 1 aliphatic carbocycles. The largest absolute Gasteiger partial charge is 0.391 e. The van der Waals surface area contributed by atoms with Gasteiger partial charge in [-0.25, -0.2) is 0 Å². The van der Waals surface area contributed by atoms with E-state index >= 15 is 0 Å². The number of aliphatic hydroxyl groups excluding tert-OH is 1. The fourth-order valence-corrected chi connectivity index (χ4v) is 2.56. The molecule has 0 radical (unpaired) electrons. The van der Waals surface area contributed by atoms with Crippen LogP contribution in [0.25, 0.3) is 0 Å². The Morgan fingerprint density at radius 2 is 2.27 bits per heavy atom. The van der Waals surface area contributed by atoms with Gasteiger partial charge < -0.3 is 10.4 Å². The van der Waals surface area contributed by atoms with Gasteiger partial charge in [-0.05, 0) is 24.3 Å². The fourth-order valence-electron chi connectivity index (χ4n) is 1.93. The average Bonchev–Trinajstić information content (AvgIpc) is 2.74. The van der Waals surface area contributed by atoms with Gasteiger partial charge in [0.1, 0.15) is 0 Å². The van der Waals surface area contributed by atoms with Gasteiger partial charge in [-0.3, -0.25) is 4.79 Å². The van der Waals surface area contributed by atoms with Crippen LogP contribution in [0.4, 0.5) is 0 Å². The highest BCUT2D eigenvalue weighted by Gasteiger charge is 2.24. The van der Waals surface area contributed by atoms with E-state index in [1.54, 1.807) is 6.07 Å². The molecule has 1 aromatic rings. The Kier molecular flexibility index (Phi) is 3.38. The van der Waals surface area contributed by atoms with Gasteiger partial charge in [-0.2, -0.15) is 11.3 Å². The van der Waals surface area contributed by atoms with Crippen LogP contribution in [0.5, 0.6) is 0 Å². The Morgan fingerprint density at radius 1 is 1.47 bits per heavy atom. The van der Waals surface area contributed by atoms with Gasteiger partial charge >= 0.3 is 0 Å². The van der Waals surface area contributed by atoms with Gasteiger partial charge in [-0.15, -0.1) is 0 Å². The van der Waals surface area contributed by atoms with E-state index in [1.165, 1.54) is 11.3 Å². The Hall–Kier alpha value is -0.870. The lowest BCUT2D eigenvalue weighted by molar-refractivity contribution is 0.0717. The van der Waals surface area contributed by atoms with Crippen molar-refractivity contribution < 1.29 is 9.90 Å². The van der Waals surface area contributed by atoms with Crippen LogP contribution < -0.4 is 5.32 Å². The number of carbonyl (C=O) groups excluding carboxylic acids is 1. The second kappa shape index (κ2) is 4.77. The molecule has 0 spiro atoms. The molecular weight excluding hydrogens is 210 g/mol. The predicted octanol–water partition coefficient (Wildman–Crippen LogP) is 1.78. The number of rotatable bonds is 2. The molecule has 1 amide bonds. The summed E-state index contributed by atoms with van der Waals surface area (Å²) in [6, 6.07) is 1.74. The molecule has 1 heterocycles. The first-order chi connectivity index (χ1) is 7.27. The van der Waals surface area contributed by atoms with Crippen molar-refractivity contribution in [3.63, 3.8) is 0 Å². The molecule has 1 aromatic heterocycles. The molecule has 1 aliphatic rings. The molecule has 4 heteroatoms. The number of thiophene rings is 1. The summed E-state index contributed by atoms with van der Waals surface area (Å²) in [7, 11) is 0. The first kappa shape index (κ1) is 10.6. The van der Waals surface area contributed by atoms with Crippen molar-refractivity contribution in [2.24, 2.45) is 0 Å². The van der Waals surface area contributed by atoms with Crippen LogP contribution >= 0.6 is 11.3 Å². The molecule has 2 rings (SSSR count). The lowest BCUT2D eigenvalue weighted by atomic mass is 9.92. The van der Waals surface area contributed by atoms with Crippen molar-refractivity contribution in [1.82, 2.24) is 5.32 Å². The minimum Gasteiger partial charge on any atom is -0.391 e. The van der Waals surface area contributed by atoms with Gasteiger partial charge in [0.15, 0.2) is 0 Å². The zero-order valence-electron chi connectivity index (χ0n) is 8.48. The van der Waals surface area contributed by atoms with Crippen molar-refractivity contribution in [3.05, 3.63) is 22.4 Å². The van der Waals surface area contributed by atoms with Gasteiger partial charge in [0.25, 0.3) is 5.91 Å². The van der Waals surface area contributed by atoms with E-state index in [4.69, 9.17) is 0 Å². The van der Waals surface area contributed by atoms with Crippen molar-refractivity contribution in [1.29, 1.82) is 0 Å². The number of nitrogens with one attached hydrogen (secondary N) is 1. The summed E-state index contributed by atoms with van der Waals surface area (Å²) in [5.41, 5.74) is 0.692. The third kappa shape index (κ3) is 2.58. The average molecular weight is 225 g/mol. The molecule has 3 nitrogen and oxygen atoms in total. The molecule has 0 bridgehead atoms.